The zero-order chi connectivity index (χ0) is 16.6. The first kappa shape index (κ1) is 16.5. The number of ether oxygens (including phenoxy) is 1. The molecule has 0 saturated carbocycles. The fourth-order valence-corrected chi connectivity index (χ4v) is 2.69. The number of carbonyl (C=O) groups is 1. The number of rotatable bonds is 6. The molecule has 126 valence electrons. The Balaban J connectivity index is 1.36. The van der Waals surface area contributed by atoms with E-state index in [2.05, 4.69) is 10.3 Å². The van der Waals surface area contributed by atoms with Gasteiger partial charge in [-0.05, 0) is 24.3 Å². The first-order valence-electron chi connectivity index (χ1n) is 8.32. The number of nitrogens with one attached hydrogen (secondary N) is 1. The number of hydrogen-bond acceptors (Lipinski definition) is 4. The Morgan fingerprint density at radius 1 is 0.917 bits per heavy atom. The third kappa shape index (κ3) is 4.81. The second-order valence-electron chi connectivity index (χ2n) is 5.80. The summed E-state index contributed by atoms with van der Waals surface area (Å²) in [5.74, 6) is 0.864. The minimum Gasteiger partial charge on any atom is -0.492 e. The van der Waals surface area contributed by atoms with Gasteiger partial charge in [0.05, 0.1) is 0 Å². The fourth-order valence-electron chi connectivity index (χ4n) is 2.69. The van der Waals surface area contributed by atoms with Gasteiger partial charge < -0.3 is 4.74 Å². The van der Waals surface area contributed by atoms with E-state index >= 15 is 0 Å². The molecule has 2 aromatic carbocycles. The Labute approximate surface area is 142 Å². The van der Waals surface area contributed by atoms with E-state index in [1.54, 1.807) is 0 Å². The van der Waals surface area contributed by atoms with Crippen LogP contribution in [0.1, 0.15) is 10.4 Å². The van der Waals surface area contributed by atoms with Gasteiger partial charge in [0, 0.05) is 38.3 Å². The number of hydrogen-bond donors (Lipinski definition) is 1. The largest absolute Gasteiger partial charge is 0.492 e. The molecule has 0 atom stereocenters. The fraction of sp³-hybridized carbons (Fsp3) is 0.316. The van der Waals surface area contributed by atoms with E-state index in [0.29, 0.717) is 12.2 Å². The van der Waals surface area contributed by atoms with Crippen LogP contribution in [0.2, 0.25) is 0 Å². The van der Waals surface area contributed by atoms with Crippen LogP contribution in [-0.2, 0) is 0 Å². The smallest absolute Gasteiger partial charge is 0.265 e. The standard InChI is InChI=1S/C19H23N3O2/c23-19(17-7-3-1-4-8-17)20-22-13-11-21(12-14-22)15-16-24-18-9-5-2-6-10-18/h1-10H,11-16H2,(H,20,23). The lowest BCUT2D eigenvalue weighted by Crippen LogP contribution is -2.54. The van der Waals surface area contributed by atoms with Crippen molar-refractivity contribution >= 4 is 5.91 Å². The zero-order valence-electron chi connectivity index (χ0n) is 13.7. The summed E-state index contributed by atoms with van der Waals surface area (Å²) in [5.41, 5.74) is 3.67. The van der Waals surface area contributed by atoms with Crippen molar-refractivity contribution in [3.63, 3.8) is 0 Å². The van der Waals surface area contributed by atoms with E-state index in [1.165, 1.54) is 0 Å². The maximum atomic E-state index is 12.1. The van der Waals surface area contributed by atoms with E-state index in [9.17, 15) is 4.79 Å². The molecule has 1 fully saturated rings. The number of piperazine rings is 1. The van der Waals surface area contributed by atoms with Crippen LogP contribution in [0.25, 0.3) is 0 Å². The van der Waals surface area contributed by atoms with E-state index < -0.39 is 0 Å². The number of carbonyl (C=O) groups excluding carboxylic acids is 1. The summed E-state index contributed by atoms with van der Waals surface area (Å²) in [4.78, 5) is 14.5. The van der Waals surface area contributed by atoms with Gasteiger partial charge >= 0.3 is 0 Å². The van der Waals surface area contributed by atoms with E-state index in [4.69, 9.17) is 4.74 Å². The van der Waals surface area contributed by atoms with Crippen molar-refractivity contribution in [2.45, 2.75) is 0 Å². The van der Waals surface area contributed by atoms with Crippen molar-refractivity contribution in [1.82, 2.24) is 15.3 Å². The van der Waals surface area contributed by atoms with Crippen LogP contribution < -0.4 is 10.2 Å². The quantitative estimate of drug-likeness (QED) is 0.883. The maximum absolute atomic E-state index is 12.1. The topological polar surface area (TPSA) is 44.8 Å². The first-order valence-corrected chi connectivity index (χ1v) is 8.32. The minimum absolute atomic E-state index is 0.0449. The highest BCUT2D eigenvalue weighted by Gasteiger charge is 2.18. The van der Waals surface area contributed by atoms with E-state index in [0.717, 1.165) is 38.5 Å². The van der Waals surface area contributed by atoms with Crippen molar-refractivity contribution in [2.24, 2.45) is 0 Å². The molecular formula is C19H23N3O2. The number of amides is 1. The summed E-state index contributed by atoms with van der Waals surface area (Å²) in [5, 5.41) is 1.99. The molecule has 0 unspecified atom stereocenters. The third-order valence-electron chi connectivity index (χ3n) is 4.09. The lowest BCUT2D eigenvalue weighted by atomic mass is 10.2. The Morgan fingerprint density at radius 3 is 2.21 bits per heavy atom. The molecule has 24 heavy (non-hydrogen) atoms. The van der Waals surface area contributed by atoms with Crippen LogP contribution in [-0.4, -0.2) is 55.1 Å². The summed E-state index contributed by atoms with van der Waals surface area (Å²) in [6.07, 6.45) is 0. The van der Waals surface area contributed by atoms with Crippen LogP contribution in [0.3, 0.4) is 0 Å². The molecule has 1 heterocycles. The number of nitrogens with zero attached hydrogens (tertiary/aromatic N) is 2. The molecule has 0 spiro atoms. The molecule has 0 aliphatic carbocycles. The van der Waals surface area contributed by atoms with Gasteiger partial charge in [-0.3, -0.25) is 15.1 Å². The van der Waals surface area contributed by atoms with Gasteiger partial charge in [0.2, 0.25) is 0 Å². The highest BCUT2D eigenvalue weighted by molar-refractivity contribution is 5.93. The molecule has 5 nitrogen and oxygen atoms in total. The molecule has 1 N–H and O–H groups in total. The van der Waals surface area contributed by atoms with Gasteiger partial charge in [0.1, 0.15) is 12.4 Å². The lowest BCUT2D eigenvalue weighted by Gasteiger charge is -2.34. The second-order valence-corrected chi connectivity index (χ2v) is 5.80. The van der Waals surface area contributed by atoms with Gasteiger partial charge in [-0.25, -0.2) is 5.01 Å². The molecular weight excluding hydrogens is 302 g/mol. The van der Waals surface area contributed by atoms with Crippen LogP contribution in [0.4, 0.5) is 0 Å². The van der Waals surface area contributed by atoms with Crippen molar-refractivity contribution in [1.29, 1.82) is 0 Å². The van der Waals surface area contributed by atoms with Crippen molar-refractivity contribution in [3.8, 4) is 5.75 Å². The van der Waals surface area contributed by atoms with Gasteiger partial charge in [0.15, 0.2) is 0 Å². The molecule has 1 amide bonds. The van der Waals surface area contributed by atoms with Gasteiger partial charge in [-0.1, -0.05) is 36.4 Å². The predicted molar refractivity (Wildman–Crippen MR) is 93.9 cm³/mol. The van der Waals surface area contributed by atoms with Gasteiger partial charge in [-0.2, -0.15) is 0 Å². The Kier molecular flexibility index (Phi) is 5.82. The molecule has 0 radical (unpaired) electrons. The highest BCUT2D eigenvalue weighted by Crippen LogP contribution is 2.08. The summed E-state index contributed by atoms with van der Waals surface area (Å²) in [7, 11) is 0. The van der Waals surface area contributed by atoms with Crippen LogP contribution >= 0.6 is 0 Å². The molecule has 0 bridgehead atoms. The molecule has 2 aromatic rings. The lowest BCUT2D eigenvalue weighted by molar-refractivity contribution is 0.0590. The molecule has 5 heteroatoms. The van der Waals surface area contributed by atoms with Crippen LogP contribution in [0, 0.1) is 0 Å². The molecule has 1 aliphatic rings. The van der Waals surface area contributed by atoms with Crippen molar-refractivity contribution in [2.75, 3.05) is 39.3 Å². The Bertz CT molecular complexity index is 626. The monoisotopic (exact) mass is 325 g/mol. The molecule has 0 aromatic heterocycles. The zero-order valence-corrected chi connectivity index (χ0v) is 13.7. The normalized spacial score (nSPS) is 15.8. The summed E-state index contributed by atoms with van der Waals surface area (Å²) in [6.45, 7) is 5.07. The summed E-state index contributed by atoms with van der Waals surface area (Å²) < 4.78 is 5.73. The third-order valence-corrected chi connectivity index (χ3v) is 4.09. The summed E-state index contributed by atoms with van der Waals surface area (Å²) in [6, 6.07) is 19.2. The van der Waals surface area contributed by atoms with Crippen molar-refractivity contribution < 1.29 is 9.53 Å². The Morgan fingerprint density at radius 2 is 1.54 bits per heavy atom. The first-order chi connectivity index (χ1) is 11.8. The number of benzene rings is 2. The van der Waals surface area contributed by atoms with Gasteiger partial charge in [-0.15, -0.1) is 0 Å². The Hall–Kier alpha value is -2.37. The van der Waals surface area contributed by atoms with Gasteiger partial charge in [0.25, 0.3) is 5.91 Å². The molecule has 1 saturated heterocycles. The van der Waals surface area contributed by atoms with Crippen molar-refractivity contribution in [3.05, 3.63) is 66.2 Å². The van der Waals surface area contributed by atoms with E-state index in [1.807, 2.05) is 65.7 Å². The second kappa shape index (κ2) is 8.47. The SMILES string of the molecule is O=C(NN1CCN(CCOc2ccccc2)CC1)c1ccccc1. The molecule has 3 rings (SSSR count). The predicted octanol–water partition coefficient (Wildman–Crippen LogP) is 2.03. The van der Waals surface area contributed by atoms with Crippen LogP contribution in [0.15, 0.2) is 60.7 Å². The van der Waals surface area contributed by atoms with E-state index in [-0.39, 0.29) is 5.91 Å². The summed E-state index contributed by atoms with van der Waals surface area (Å²) >= 11 is 0. The minimum atomic E-state index is -0.0449. The average molecular weight is 325 g/mol. The average Bonchev–Trinajstić information content (AvgIpc) is 2.65. The number of para-hydroxylation sites is 1. The maximum Gasteiger partial charge on any atom is 0.265 e. The van der Waals surface area contributed by atoms with Crippen LogP contribution in [0.5, 0.6) is 5.75 Å². The highest BCUT2D eigenvalue weighted by atomic mass is 16.5. The molecule has 1 aliphatic heterocycles. The number of hydrazine groups is 1.